The van der Waals surface area contributed by atoms with Crippen LogP contribution in [0.15, 0.2) is 6.07 Å². The van der Waals surface area contributed by atoms with Gasteiger partial charge in [0, 0.05) is 45.6 Å². The summed E-state index contributed by atoms with van der Waals surface area (Å²) in [5.41, 5.74) is 6.80. The molecule has 0 aliphatic carbocycles. The maximum atomic E-state index is 12.7. The summed E-state index contributed by atoms with van der Waals surface area (Å²) in [7, 11) is 3.51. The largest absolute Gasteiger partial charge is 0.385 e. The molecule has 2 amide bonds. The average Bonchev–Trinajstić information content (AvgIpc) is 3.05. The van der Waals surface area contributed by atoms with Crippen molar-refractivity contribution in [2.24, 2.45) is 18.2 Å². The van der Waals surface area contributed by atoms with Crippen molar-refractivity contribution in [3.8, 4) is 0 Å². The number of primary amides is 1. The minimum absolute atomic E-state index is 0.0214. The Bertz CT molecular complexity index is 681. The van der Waals surface area contributed by atoms with Gasteiger partial charge >= 0.3 is 0 Å². The lowest BCUT2D eigenvalue weighted by Gasteiger charge is -2.45. The lowest BCUT2D eigenvalue weighted by atomic mass is 9.74. The Morgan fingerprint density at radius 2 is 1.89 bits per heavy atom. The fraction of sp³-hybridized carbons (Fsp3) is 0.750. The molecule has 0 aromatic carbocycles. The zero-order valence-corrected chi connectivity index (χ0v) is 17.3. The molecule has 28 heavy (non-hydrogen) atoms. The molecule has 0 saturated carbocycles. The molecule has 2 fully saturated rings. The van der Waals surface area contributed by atoms with E-state index < -0.39 is 5.41 Å². The first-order chi connectivity index (χ1) is 13.4. The molecule has 0 atom stereocenters. The van der Waals surface area contributed by atoms with Crippen molar-refractivity contribution in [3.63, 3.8) is 0 Å². The van der Waals surface area contributed by atoms with Crippen LogP contribution in [0, 0.1) is 12.3 Å². The number of ether oxygens (including phenoxy) is 1. The fourth-order valence-corrected chi connectivity index (χ4v) is 4.50. The number of carbonyl (C=O) groups is 2. The molecule has 3 rings (SSSR count). The van der Waals surface area contributed by atoms with Crippen molar-refractivity contribution in [1.29, 1.82) is 0 Å². The highest BCUT2D eigenvalue weighted by atomic mass is 16.5. The van der Waals surface area contributed by atoms with Gasteiger partial charge in [-0.2, -0.15) is 5.10 Å². The van der Waals surface area contributed by atoms with Gasteiger partial charge in [0.15, 0.2) is 5.69 Å². The van der Waals surface area contributed by atoms with E-state index in [9.17, 15) is 9.59 Å². The van der Waals surface area contributed by atoms with E-state index in [0.29, 0.717) is 24.8 Å². The van der Waals surface area contributed by atoms with Gasteiger partial charge in [0.2, 0.25) is 5.91 Å². The van der Waals surface area contributed by atoms with Gasteiger partial charge in [-0.05, 0) is 58.2 Å². The van der Waals surface area contributed by atoms with Gasteiger partial charge in [0.1, 0.15) is 0 Å². The zero-order valence-electron chi connectivity index (χ0n) is 17.3. The number of hydrogen-bond donors (Lipinski definition) is 1. The maximum Gasteiger partial charge on any atom is 0.274 e. The molecule has 1 aromatic heterocycles. The topological polar surface area (TPSA) is 93.7 Å². The Morgan fingerprint density at radius 3 is 2.39 bits per heavy atom. The first-order valence-corrected chi connectivity index (χ1v) is 10.2. The Kier molecular flexibility index (Phi) is 6.40. The Hall–Kier alpha value is -1.93. The van der Waals surface area contributed by atoms with Crippen LogP contribution in [-0.2, 0) is 16.6 Å². The van der Waals surface area contributed by atoms with E-state index in [4.69, 9.17) is 10.5 Å². The van der Waals surface area contributed by atoms with Gasteiger partial charge in [0.05, 0.1) is 5.41 Å². The molecule has 8 nitrogen and oxygen atoms in total. The van der Waals surface area contributed by atoms with E-state index in [1.807, 2.05) is 24.9 Å². The molecule has 0 spiro atoms. The number of likely N-dealkylation sites (tertiary alicyclic amines) is 2. The lowest BCUT2D eigenvalue weighted by molar-refractivity contribution is -0.132. The van der Waals surface area contributed by atoms with Crippen molar-refractivity contribution in [1.82, 2.24) is 19.6 Å². The molecule has 1 aromatic rings. The van der Waals surface area contributed by atoms with Crippen LogP contribution in [0.2, 0.25) is 0 Å². The Balaban J connectivity index is 1.52. The number of aromatic nitrogens is 2. The summed E-state index contributed by atoms with van der Waals surface area (Å²) in [5, 5.41) is 4.31. The second-order valence-corrected chi connectivity index (χ2v) is 8.24. The van der Waals surface area contributed by atoms with E-state index in [1.54, 1.807) is 11.8 Å². The van der Waals surface area contributed by atoms with E-state index in [0.717, 1.165) is 57.6 Å². The third-order valence-corrected chi connectivity index (χ3v) is 6.66. The molecule has 0 unspecified atom stereocenters. The van der Waals surface area contributed by atoms with Crippen molar-refractivity contribution < 1.29 is 14.3 Å². The normalized spacial score (nSPS) is 21.0. The number of methoxy groups -OCH3 is 1. The minimum Gasteiger partial charge on any atom is -0.385 e. The van der Waals surface area contributed by atoms with Crippen molar-refractivity contribution in [2.75, 3.05) is 39.9 Å². The summed E-state index contributed by atoms with van der Waals surface area (Å²) >= 11 is 0. The second kappa shape index (κ2) is 8.61. The number of hydrogen-bond acceptors (Lipinski definition) is 5. The molecule has 156 valence electrons. The van der Waals surface area contributed by atoms with Crippen molar-refractivity contribution in [3.05, 3.63) is 17.5 Å². The lowest BCUT2D eigenvalue weighted by Crippen LogP contribution is -2.53. The van der Waals surface area contributed by atoms with Crippen LogP contribution < -0.4 is 5.73 Å². The predicted molar refractivity (Wildman–Crippen MR) is 106 cm³/mol. The molecule has 3 heterocycles. The van der Waals surface area contributed by atoms with E-state index >= 15 is 0 Å². The summed E-state index contributed by atoms with van der Waals surface area (Å²) in [6.45, 7) is 5.78. The molecule has 2 aliphatic heterocycles. The van der Waals surface area contributed by atoms with Crippen LogP contribution in [-0.4, -0.2) is 77.3 Å². The van der Waals surface area contributed by atoms with Gasteiger partial charge in [-0.1, -0.05) is 0 Å². The van der Waals surface area contributed by atoms with Gasteiger partial charge in [-0.3, -0.25) is 14.3 Å². The van der Waals surface area contributed by atoms with E-state index in [2.05, 4.69) is 10.00 Å². The van der Waals surface area contributed by atoms with Crippen LogP contribution >= 0.6 is 0 Å². The summed E-state index contributed by atoms with van der Waals surface area (Å²) in [6, 6.07) is 2.31. The smallest absolute Gasteiger partial charge is 0.274 e. The minimum atomic E-state index is -0.431. The number of nitrogens with zero attached hydrogens (tertiary/aromatic N) is 4. The number of piperidine rings is 2. The van der Waals surface area contributed by atoms with E-state index in [1.165, 1.54) is 0 Å². The molecular formula is C20H33N5O3. The van der Waals surface area contributed by atoms with Crippen LogP contribution in [0.3, 0.4) is 0 Å². The number of rotatable bonds is 6. The van der Waals surface area contributed by atoms with Crippen LogP contribution in [0.25, 0.3) is 0 Å². The van der Waals surface area contributed by atoms with Gasteiger partial charge in [-0.15, -0.1) is 0 Å². The highest BCUT2D eigenvalue weighted by Crippen LogP contribution is 2.36. The molecule has 0 radical (unpaired) electrons. The van der Waals surface area contributed by atoms with Crippen molar-refractivity contribution in [2.45, 2.75) is 45.1 Å². The summed E-state index contributed by atoms with van der Waals surface area (Å²) in [6.07, 6.45) is 4.19. The second-order valence-electron chi connectivity index (χ2n) is 8.24. The van der Waals surface area contributed by atoms with Crippen molar-refractivity contribution >= 4 is 11.8 Å². The van der Waals surface area contributed by atoms with Crippen LogP contribution in [0.1, 0.15) is 48.3 Å². The molecule has 0 bridgehead atoms. The van der Waals surface area contributed by atoms with Gasteiger partial charge in [-0.25, -0.2) is 0 Å². The summed E-state index contributed by atoms with van der Waals surface area (Å²) < 4.78 is 6.92. The third-order valence-electron chi connectivity index (χ3n) is 6.66. The standard InChI is InChI=1S/C20H33N5O3/c1-15-14-17(22-23(15)2)18(26)25-9-4-16(5-10-25)24-11-6-20(7-12-24,19(21)27)8-13-28-3/h14,16H,4-13H2,1-3H3,(H2,21,27). The Morgan fingerprint density at radius 1 is 1.25 bits per heavy atom. The average molecular weight is 392 g/mol. The first kappa shape index (κ1) is 20.8. The molecule has 2 N–H and O–H groups in total. The number of aryl methyl sites for hydroxylation is 2. The number of amides is 2. The first-order valence-electron chi connectivity index (χ1n) is 10.2. The number of carbonyl (C=O) groups excluding carboxylic acids is 2. The third kappa shape index (κ3) is 4.22. The molecule has 2 aliphatic rings. The monoisotopic (exact) mass is 391 g/mol. The van der Waals surface area contributed by atoms with Crippen LogP contribution in [0.5, 0.6) is 0 Å². The van der Waals surface area contributed by atoms with Gasteiger partial charge < -0.3 is 20.3 Å². The fourth-order valence-electron chi connectivity index (χ4n) is 4.50. The molecule has 2 saturated heterocycles. The van der Waals surface area contributed by atoms with Crippen LogP contribution in [0.4, 0.5) is 0 Å². The quantitative estimate of drug-likeness (QED) is 0.779. The molecule has 8 heteroatoms. The molecular weight excluding hydrogens is 358 g/mol. The van der Waals surface area contributed by atoms with Gasteiger partial charge in [0.25, 0.3) is 5.91 Å². The number of nitrogens with two attached hydrogens (primary N) is 1. The Labute approximate surface area is 167 Å². The zero-order chi connectivity index (χ0) is 20.3. The maximum absolute atomic E-state index is 12.7. The SMILES string of the molecule is COCCC1(C(N)=O)CCN(C2CCN(C(=O)c3cc(C)n(C)n3)CC2)CC1. The summed E-state index contributed by atoms with van der Waals surface area (Å²) in [5.74, 6) is -0.177. The van der Waals surface area contributed by atoms with E-state index in [-0.39, 0.29) is 11.8 Å². The highest BCUT2D eigenvalue weighted by Gasteiger charge is 2.41. The predicted octanol–water partition coefficient (Wildman–Crippen LogP) is 0.937. The highest BCUT2D eigenvalue weighted by molar-refractivity contribution is 5.92. The summed E-state index contributed by atoms with van der Waals surface area (Å²) in [4.78, 5) is 29.1.